The molecule has 0 aliphatic carbocycles. The minimum absolute atomic E-state index is 0.0674. The number of amides is 1. The summed E-state index contributed by atoms with van der Waals surface area (Å²) in [6, 6.07) is 4.23. The highest BCUT2D eigenvalue weighted by molar-refractivity contribution is 5.79. The number of hydrogen-bond acceptors (Lipinski definition) is 3. The fraction of sp³-hybridized carbons (Fsp3) is 0.429. The summed E-state index contributed by atoms with van der Waals surface area (Å²) in [4.78, 5) is 19.1. The molecule has 0 spiro atoms. The molecule has 5 nitrogen and oxygen atoms in total. The van der Waals surface area contributed by atoms with Gasteiger partial charge in [-0.2, -0.15) is 0 Å². The Hall–Kier alpha value is -1.95. The summed E-state index contributed by atoms with van der Waals surface area (Å²) in [7, 11) is 0. The topological polar surface area (TPSA) is 83.8 Å². The quantitative estimate of drug-likeness (QED) is 0.771. The van der Waals surface area contributed by atoms with Crippen LogP contribution < -0.4 is 11.1 Å². The van der Waals surface area contributed by atoms with Gasteiger partial charge in [0.15, 0.2) is 0 Å². The normalized spacial score (nSPS) is 14.2. The van der Waals surface area contributed by atoms with Crippen molar-refractivity contribution in [3.05, 3.63) is 29.8 Å². The highest BCUT2D eigenvalue weighted by atomic mass is 19.1. The lowest BCUT2D eigenvalue weighted by atomic mass is 10.0. The summed E-state index contributed by atoms with van der Waals surface area (Å²) >= 11 is 0. The second-order valence-corrected chi connectivity index (χ2v) is 5.03. The Labute approximate surface area is 116 Å². The molecule has 2 aromatic rings. The average Bonchev–Trinajstić information content (AvgIpc) is 2.79. The van der Waals surface area contributed by atoms with Gasteiger partial charge in [0.05, 0.1) is 11.0 Å². The van der Waals surface area contributed by atoms with E-state index in [-0.39, 0.29) is 23.7 Å². The largest absolute Gasteiger partial charge is 0.355 e. The number of rotatable bonds is 5. The Morgan fingerprint density at radius 3 is 2.95 bits per heavy atom. The van der Waals surface area contributed by atoms with Crippen molar-refractivity contribution >= 4 is 16.9 Å². The summed E-state index contributed by atoms with van der Waals surface area (Å²) in [5.74, 6) is 0.132. The Balaban J connectivity index is 1.91. The lowest BCUT2D eigenvalue weighted by molar-refractivity contribution is -0.124. The first kappa shape index (κ1) is 14.5. The number of fused-ring (bicyclic) bond motifs is 1. The van der Waals surface area contributed by atoms with Gasteiger partial charge in [-0.05, 0) is 25.1 Å². The number of halogens is 1. The van der Waals surface area contributed by atoms with Gasteiger partial charge in [0.2, 0.25) is 5.91 Å². The molecule has 2 atom stereocenters. The van der Waals surface area contributed by atoms with E-state index in [2.05, 4.69) is 15.3 Å². The lowest BCUT2D eigenvalue weighted by Gasteiger charge is -2.14. The van der Waals surface area contributed by atoms with Crippen molar-refractivity contribution in [1.82, 2.24) is 15.3 Å². The summed E-state index contributed by atoms with van der Waals surface area (Å²) in [6.07, 6.45) is 0.563. The number of aromatic amines is 1. The molecule has 0 aliphatic heterocycles. The van der Waals surface area contributed by atoms with Crippen LogP contribution in [0, 0.1) is 11.7 Å². The molecule has 1 amide bonds. The number of hydrogen-bond donors (Lipinski definition) is 3. The number of H-pyrrole nitrogens is 1. The van der Waals surface area contributed by atoms with Gasteiger partial charge >= 0.3 is 0 Å². The summed E-state index contributed by atoms with van der Waals surface area (Å²) < 4.78 is 13.1. The third kappa shape index (κ3) is 3.33. The fourth-order valence-corrected chi connectivity index (χ4v) is 1.86. The number of carbonyl (C=O) groups is 1. The van der Waals surface area contributed by atoms with Crippen molar-refractivity contribution in [3.63, 3.8) is 0 Å². The highest BCUT2D eigenvalue weighted by Crippen LogP contribution is 2.13. The highest BCUT2D eigenvalue weighted by Gasteiger charge is 2.16. The van der Waals surface area contributed by atoms with Gasteiger partial charge in [0.1, 0.15) is 11.6 Å². The van der Waals surface area contributed by atoms with Crippen molar-refractivity contribution in [2.45, 2.75) is 26.3 Å². The zero-order valence-corrected chi connectivity index (χ0v) is 11.6. The van der Waals surface area contributed by atoms with E-state index in [1.165, 1.54) is 12.1 Å². The molecule has 0 saturated heterocycles. The first-order chi connectivity index (χ1) is 9.47. The first-order valence-electron chi connectivity index (χ1n) is 6.65. The van der Waals surface area contributed by atoms with E-state index in [0.29, 0.717) is 18.5 Å². The van der Waals surface area contributed by atoms with E-state index >= 15 is 0 Å². The zero-order valence-electron chi connectivity index (χ0n) is 11.6. The fourth-order valence-electron chi connectivity index (χ4n) is 1.86. The van der Waals surface area contributed by atoms with Gasteiger partial charge in [-0.3, -0.25) is 4.79 Å². The molecule has 1 heterocycles. The molecule has 108 valence electrons. The van der Waals surface area contributed by atoms with Crippen LogP contribution in [0.1, 0.15) is 19.7 Å². The van der Waals surface area contributed by atoms with E-state index in [9.17, 15) is 9.18 Å². The number of aromatic nitrogens is 2. The maximum Gasteiger partial charge on any atom is 0.224 e. The number of imidazole rings is 1. The van der Waals surface area contributed by atoms with Crippen molar-refractivity contribution in [3.8, 4) is 0 Å². The second-order valence-electron chi connectivity index (χ2n) is 5.03. The number of carbonyl (C=O) groups excluding carboxylic acids is 1. The number of benzene rings is 1. The molecule has 1 aromatic heterocycles. The standard InChI is InChI=1S/C14H19FN4O/c1-8(9(2)16)14(20)17-6-5-13-18-11-4-3-10(15)7-12(11)19-13/h3-4,7-9H,5-6,16H2,1-2H3,(H,17,20)(H,18,19). The number of nitrogens with one attached hydrogen (secondary N) is 2. The van der Waals surface area contributed by atoms with Gasteiger partial charge in [0.25, 0.3) is 0 Å². The van der Waals surface area contributed by atoms with Crippen molar-refractivity contribution in [2.24, 2.45) is 11.7 Å². The van der Waals surface area contributed by atoms with Gasteiger partial charge in [-0.25, -0.2) is 9.37 Å². The van der Waals surface area contributed by atoms with E-state index in [4.69, 9.17) is 5.73 Å². The SMILES string of the molecule is CC(N)C(C)C(=O)NCCc1nc2ccc(F)cc2[nH]1. The third-order valence-electron chi connectivity index (χ3n) is 3.36. The Morgan fingerprint density at radius 2 is 2.25 bits per heavy atom. The molecule has 2 rings (SSSR count). The maximum atomic E-state index is 13.1. The maximum absolute atomic E-state index is 13.1. The van der Waals surface area contributed by atoms with Gasteiger partial charge in [-0.1, -0.05) is 6.92 Å². The van der Waals surface area contributed by atoms with Crippen molar-refractivity contribution in [1.29, 1.82) is 0 Å². The minimum Gasteiger partial charge on any atom is -0.355 e. The van der Waals surface area contributed by atoms with E-state index < -0.39 is 0 Å². The third-order valence-corrected chi connectivity index (χ3v) is 3.36. The molecule has 0 fully saturated rings. The monoisotopic (exact) mass is 278 g/mol. The molecule has 4 N–H and O–H groups in total. The molecular formula is C14H19FN4O. The second kappa shape index (κ2) is 6.00. The van der Waals surface area contributed by atoms with E-state index in [1.54, 1.807) is 19.9 Å². The smallest absolute Gasteiger partial charge is 0.224 e. The molecule has 0 bridgehead atoms. The van der Waals surface area contributed by atoms with Crippen molar-refractivity contribution < 1.29 is 9.18 Å². The van der Waals surface area contributed by atoms with Crippen LogP contribution in [0.25, 0.3) is 11.0 Å². The minimum atomic E-state index is -0.299. The Kier molecular flexibility index (Phi) is 4.34. The van der Waals surface area contributed by atoms with Gasteiger partial charge < -0.3 is 16.0 Å². The summed E-state index contributed by atoms with van der Waals surface area (Å²) in [5.41, 5.74) is 7.05. The molecule has 0 radical (unpaired) electrons. The molecule has 1 aromatic carbocycles. The van der Waals surface area contributed by atoms with Gasteiger partial charge in [0, 0.05) is 24.9 Å². The molecule has 20 heavy (non-hydrogen) atoms. The van der Waals surface area contributed by atoms with Crippen LogP contribution in [-0.4, -0.2) is 28.5 Å². The average molecular weight is 278 g/mol. The molecule has 0 aliphatic rings. The number of nitrogens with zero attached hydrogens (tertiary/aromatic N) is 1. The van der Waals surface area contributed by atoms with Crippen LogP contribution in [0.4, 0.5) is 4.39 Å². The molecule has 6 heteroatoms. The lowest BCUT2D eigenvalue weighted by Crippen LogP contribution is -2.39. The molecule has 0 saturated carbocycles. The molecular weight excluding hydrogens is 259 g/mol. The first-order valence-corrected chi connectivity index (χ1v) is 6.65. The predicted octanol–water partition coefficient (Wildman–Crippen LogP) is 1.34. The molecule has 2 unspecified atom stereocenters. The van der Waals surface area contributed by atoms with Gasteiger partial charge in [-0.15, -0.1) is 0 Å². The van der Waals surface area contributed by atoms with Crippen LogP contribution in [0.5, 0.6) is 0 Å². The van der Waals surface area contributed by atoms with Crippen LogP contribution in [-0.2, 0) is 11.2 Å². The van der Waals surface area contributed by atoms with E-state index in [1.807, 2.05) is 0 Å². The summed E-state index contributed by atoms with van der Waals surface area (Å²) in [5, 5.41) is 2.81. The van der Waals surface area contributed by atoms with Crippen LogP contribution in [0.3, 0.4) is 0 Å². The number of nitrogens with two attached hydrogens (primary N) is 1. The Bertz CT molecular complexity index is 608. The Morgan fingerprint density at radius 1 is 1.50 bits per heavy atom. The summed E-state index contributed by atoms with van der Waals surface area (Å²) in [6.45, 7) is 4.07. The van der Waals surface area contributed by atoms with E-state index in [0.717, 1.165) is 11.3 Å². The van der Waals surface area contributed by atoms with Crippen LogP contribution >= 0.6 is 0 Å². The van der Waals surface area contributed by atoms with Crippen LogP contribution in [0.15, 0.2) is 18.2 Å². The van der Waals surface area contributed by atoms with Crippen molar-refractivity contribution in [2.75, 3.05) is 6.54 Å². The van der Waals surface area contributed by atoms with Crippen LogP contribution in [0.2, 0.25) is 0 Å². The zero-order chi connectivity index (χ0) is 14.7. The predicted molar refractivity (Wildman–Crippen MR) is 75.6 cm³/mol.